The third kappa shape index (κ3) is 3.21. The number of halogens is 1. The van der Waals surface area contributed by atoms with E-state index in [1.165, 1.54) is 6.42 Å². The van der Waals surface area contributed by atoms with Crippen molar-refractivity contribution in [3.63, 3.8) is 0 Å². The van der Waals surface area contributed by atoms with E-state index in [0.29, 0.717) is 24.1 Å². The zero-order valence-corrected chi connectivity index (χ0v) is 14.8. The van der Waals surface area contributed by atoms with Crippen molar-refractivity contribution < 1.29 is 9.47 Å². The molecule has 0 radical (unpaired) electrons. The van der Waals surface area contributed by atoms with Gasteiger partial charge in [-0.3, -0.25) is 0 Å². The van der Waals surface area contributed by atoms with Gasteiger partial charge in [-0.15, -0.1) is 0 Å². The number of hydrogen-bond acceptors (Lipinski definition) is 6. The summed E-state index contributed by atoms with van der Waals surface area (Å²) in [4.78, 5) is 11.2. The molecule has 1 aromatic carbocycles. The number of ether oxygens (including phenoxy) is 2. The third-order valence-corrected chi connectivity index (χ3v) is 4.72. The molecule has 1 fully saturated rings. The Morgan fingerprint density at radius 3 is 2.67 bits per heavy atom. The Balaban J connectivity index is 2.15. The largest absolute Gasteiger partial charge is 0.493 e. The van der Waals surface area contributed by atoms with Crippen LogP contribution in [0, 0.1) is 0 Å². The first-order valence-corrected chi connectivity index (χ1v) is 8.61. The monoisotopic (exact) mass is 350 g/mol. The third-order valence-electron chi connectivity index (χ3n) is 4.55. The first kappa shape index (κ1) is 17.0. The lowest BCUT2D eigenvalue weighted by Crippen LogP contribution is -2.41. The van der Waals surface area contributed by atoms with Gasteiger partial charge < -0.3 is 20.1 Å². The molecule has 3 rings (SSSR count). The van der Waals surface area contributed by atoms with Crippen LogP contribution in [0.25, 0.3) is 10.9 Å². The minimum Gasteiger partial charge on any atom is -0.493 e. The van der Waals surface area contributed by atoms with Crippen LogP contribution in [0.4, 0.5) is 5.82 Å². The molecule has 1 saturated heterocycles. The molecule has 1 atom stereocenters. The smallest absolute Gasteiger partial charge is 0.224 e. The van der Waals surface area contributed by atoms with Crippen molar-refractivity contribution in [3.8, 4) is 11.5 Å². The predicted molar refractivity (Wildman–Crippen MR) is 96.3 cm³/mol. The number of aromatic nitrogens is 2. The molecule has 2 aromatic rings. The maximum absolute atomic E-state index is 6.19. The van der Waals surface area contributed by atoms with Gasteiger partial charge in [0.2, 0.25) is 5.28 Å². The van der Waals surface area contributed by atoms with Gasteiger partial charge in [0.15, 0.2) is 11.5 Å². The summed E-state index contributed by atoms with van der Waals surface area (Å²) >= 11 is 6.19. The molecule has 1 aromatic heterocycles. The standard InChI is InChI=1S/C17H23ClN4O2/c1-23-14-9-12-13(10-15(14)24-2)20-17(18)21-16(12)22-8-4-3-5-11(22)6-7-19/h9-11H,3-8,19H2,1-2H3. The van der Waals surface area contributed by atoms with Crippen LogP contribution in [0.1, 0.15) is 25.7 Å². The maximum Gasteiger partial charge on any atom is 0.224 e. The van der Waals surface area contributed by atoms with E-state index in [4.69, 9.17) is 26.8 Å². The zero-order valence-electron chi connectivity index (χ0n) is 14.1. The highest BCUT2D eigenvalue weighted by Gasteiger charge is 2.26. The second-order valence-corrected chi connectivity index (χ2v) is 6.30. The highest BCUT2D eigenvalue weighted by molar-refractivity contribution is 6.28. The lowest BCUT2D eigenvalue weighted by molar-refractivity contribution is 0.355. The average molecular weight is 351 g/mol. The summed E-state index contributed by atoms with van der Waals surface area (Å²) in [7, 11) is 3.23. The molecular weight excluding hydrogens is 328 g/mol. The van der Waals surface area contributed by atoms with E-state index in [1.54, 1.807) is 14.2 Å². The summed E-state index contributed by atoms with van der Waals surface area (Å²) in [6, 6.07) is 4.15. The fraction of sp³-hybridized carbons (Fsp3) is 0.529. The van der Waals surface area contributed by atoms with Crippen LogP contribution in [0.3, 0.4) is 0 Å². The number of methoxy groups -OCH3 is 2. The maximum atomic E-state index is 6.19. The van der Waals surface area contributed by atoms with Gasteiger partial charge in [-0.05, 0) is 49.9 Å². The van der Waals surface area contributed by atoms with Crippen molar-refractivity contribution in [2.75, 3.05) is 32.2 Å². The Kier molecular flexibility index (Phi) is 5.26. The summed E-state index contributed by atoms with van der Waals surface area (Å²) in [5, 5.41) is 1.16. The van der Waals surface area contributed by atoms with Gasteiger partial charge in [-0.1, -0.05) is 0 Å². The molecule has 130 valence electrons. The van der Waals surface area contributed by atoms with E-state index >= 15 is 0 Å². The number of anilines is 1. The van der Waals surface area contributed by atoms with Crippen molar-refractivity contribution in [2.45, 2.75) is 31.7 Å². The molecule has 0 aliphatic carbocycles. The Labute approximate surface area is 146 Å². The molecule has 0 amide bonds. The van der Waals surface area contributed by atoms with E-state index < -0.39 is 0 Å². The number of piperidine rings is 1. The van der Waals surface area contributed by atoms with Crippen LogP contribution < -0.4 is 20.1 Å². The highest BCUT2D eigenvalue weighted by atomic mass is 35.5. The van der Waals surface area contributed by atoms with E-state index in [9.17, 15) is 0 Å². The highest BCUT2D eigenvalue weighted by Crippen LogP contribution is 2.37. The van der Waals surface area contributed by atoms with Gasteiger partial charge in [-0.2, -0.15) is 4.98 Å². The van der Waals surface area contributed by atoms with E-state index in [-0.39, 0.29) is 5.28 Å². The van der Waals surface area contributed by atoms with Gasteiger partial charge in [0.25, 0.3) is 0 Å². The van der Waals surface area contributed by atoms with Crippen molar-refractivity contribution in [2.24, 2.45) is 5.73 Å². The van der Waals surface area contributed by atoms with Gasteiger partial charge in [0, 0.05) is 24.0 Å². The van der Waals surface area contributed by atoms with Gasteiger partial charge in [0.05, 0.1) is 19.7 Å². The van der Waals surface area contributed by atoms with Crippen LogP contribution in [-0.4, -0.2) is 43.3 Å². The minimum atomic E-state index is 0.238. The van der Waals surface area contributed by atoms with Crippen molar-refractivity contribution in [3.05, 3.63) is 17.4 Å². The summed E-state index contributed by atoms with van der Waals surface area (Å²) in [6.45, 7) is 1.61. The molecule has 0 spiro atoms. The van der Waals surface area contributed by atoms with E-state index in [1.807, 2.05) is 12.1 Å². The van der Waals surface area contributed by atoms with Crippen LogP contribution in [0.5, 0.6) is 11.5 Å². The minimum absolute atomic E-state index is 0.238. The van der Waals surface area contributed by atoms with Crippen LogP contribution in [0.15, 0.2) is 12.1 Å². The molecular formula is C17H23ClN4O2. The zero-order chi connectivity index (χ0) is 17.1. The molecule has 2 N–H and O–H groups in total. The molecule has 1 unspecified atom stereocenters. The lowest BCUT2D eigenvalue weighted by atomic mass is 9.99. The molecule has 6 nitrogen and oxygen atoms in total. The van der Waals surface area contributed by atoms with Crippen molar-refractivity contribution in [1.29, 1.82) is 0 Å². The topological polar surface area (TPSA) is 73.5 Å². The fourth-order valence-corrected chi connectivity index (χ4v) is 3.57. The molecule has 0 bridgehead atoms. The van der Waals surface area contributed by atoms with E-state index in [0.717, 1.165) is 42.5 Å². The Hall–Kier alpha value is -1.79. The molecule has 1 aliphatic heterocycles. The van der Waals surface area contributed by atoms with Crippen LogP contribution in [-0.2, 0) is 0 Å². The first-order valence-electron chi connectivity index (χ1n) is 8.24. The normalized spacial score (nSPS) is 18.0. The summed E-state index contributed by atoms with van der Waals surface area (Å²) in [5.41, 5.74) is 6.55. The number of hydrogen-bond donors (Lipinski definition) is 1. The fourth-order valence-electron chi connectivity index (χ4n) is 3.40. The van der Waals surface area contributed by atoms with E-state index in [2.05, 4.69) is 14.9 Å². The van der Waals surface area contributed by atoms with Crippen LogP contribution in [0.2, 0.25) is 5.28 Å². The van der Waals surface area contributed by atoms with Crippen molar-refractivity contribution >= 4 is 28.3 Å². The van der Waals surface area contributed by atoms with Gasteiger partial charge in [0.1, 0.15) is 5.82 Å². The molecule has 1 aliphatic rings. The summed E-state index contributed by atoms with van der Waals surface area (Å²) < 4.78 is 10.8. The molecule has 2 heterocycles. The number of rotatable bonds is 5. The summed E-state index contributed by atoms with van der Waals surface area (Å²) in [5.74, 6) is 2.14. The summed E-state index contributed by atoms with van der Waals surface area (Å²) in [6.07, 6.45) is 4.41. The average Bonchev–Trinajstić information content (AvgIpc) is 2.60. The number of benzene rings is 1. The SMILES string of the molecule is COc1cc2nc(Cl)nc(N3CCCCC3CCN)c2cc1OC. The quantitative estimate of drug-likeness (QED) is 0.835. The molecule has 7 heteroatoms. The van der Waals surface area contributed by atoms with Gasteiger partial charge in [-0.25, -0.2) is 4.98 Å². The first-order chi connectivity index (χ1) is 11.7. The predicted octanol–water partition coefficient (Wildman–Crippen LogP) is 3.01. The van der Waals surface area contributed by atoms with Gasteiger partial charge >= 0.3 is 0 Å². The molecule has 0 saturated carbocycles. The number of fused-ring (bicyclic) bond motifs is 1. The second kappa shape index (κ2) is 7.40. The number of nitrogens with zero attached hydrogens (tertiary/aromatic N) is 3. The Bertz CT molecular complexity index is 723. The lowest BCUT2D eigenvalue weighted by Gasteiger charge is -2.37. The number of nitrogens with two attached hydrogens (primary N) is 1. The van der Waals surface area contributed by atoms with Crippen molar-refractivity contribution in [1.82, 2.24) is 9.97 Å². The van der Waals surface area contributed by atoms with Crippen LogP contribution >= 0.6 is 11.6 Å². The Morgan fingerprint density at radius 1 is 1.21 bits per heavy atom. The Morgan fingerprint density at radius 2 is 1.96 bits per heavy atom. The molecule has 24 heavy (non-hydrogen) atoms. The second-order valence-electron chi connectivity index (χ2n) is 5.96.